The van der Waals surface area contributed by atoms with Crippen molar-refractivity contribution in [1.29, 1.82) is 0 Å². The summed E-state index contributed by atoms with van der Waals surface area (Å²) >= 11 is 0. The van der Waals surface area contributed by atoms with Crippen LogP contribution in [-0.2, 0) is 6.54 Å². The minimum atomic E-state index is -2.91. The van der Waals surface area contributed by atoms with Crippen LogP contribution in [0, 0.1) is 0 Å². The Morgan fingerprint density at radius 1 is 1.29 bits per heavy atom. The Morgan fingerprint density at radius 3 is 2.79 bits per heavy atom. The first-order valence-corrected chi connectivity index (χ1v) is 9.62. The number of aliphatic imine (C=N–C) groups is 1. The summed E-state index contributed by atoms with van der Waals surface area (Å²) < 4.78 is 40.7. The molecule has 0 radical (unpaired) electrons. The van der Waals surface area contributed by atoms with E-state index in [9.17, 15) is 8.78 Å². The number of guanidine groups is 1. The Morgan fingerprint density at radius 2 is 2.07 bits per heavy atom. The SMILES string of the molecule is CN=C(NCCN1CCCCC1C)NCc1cc2c(cc1OC(F)F)OCO2. The molecule has 1 aromatic rings. The van der Waals surface area contributed by atoms with Gasteiger partial charge in [0, 0.05) is 44.4 Å². The Hall–Kier alpha value is -2.29. The summed E-state index contributed by atoms with van der Waals surface area (Å²) in [5.74, 6) is 1.58. The minimum absolute atomic E-state index is 0.0596. The quantitative estimate of drug-likeness (QED) is 0.544. The van der Waals surface area contributed by atoms with E-state index < -0.39 is 6.61 Å². The molecule has 9 heteroatoms. The van der Waals surface area contributed by atoms with Crippen LogP contribution in [0.25, 0.3) is 0 Å². The number of ether oxygens (including phenoxy) is 3. The molecule has 0 amide bonds. The number of benzene rings is 1. The summed E-state index contributed by atoms with van der Waals surface area (Å²) in [6.45, 7) is 2.49. The number of rotatable bonds is 7. The maximum absolute atomic E-state index is 12.7. The van der Waals surface area contributed by atoms with Crippen LogP contribution in [0.3, 0.4) is 0 Å². The molecule has 156 valence electrons. The largest absolute Gasteiger partial charge is 0.454 e. The van der Waals surface area contributed by atoms with E-state index in [0.717, 1.165) is 19.6 Å². The molecule has 1 fully saturated rings. The van der Waals surface area contributed by atoms with Crippen molar-refractivity contribution in [1.82, 2.24) is 15.5 Å². The Labute approximate surface area is 164 Å². The number of hydrogen-bond acceptors (Lipinski definition) is 5. The lowest BCUT2D eigenvalue weighted by atomic mass is 10.0. The third-order valence-corrected chi connectivity index (χ3v) is 5.07. The Kier molecular flexibility index (Phi) is 7.13. The molecule has 1 unspecified atom stereocenters. The lowest BCUT2D eigenvalue weighted by Crippen LogP contribution is -2.45. The van der Waals surface area contributed by atoms with Crippen LogP contribution in [0.15, 0.2) is 17.1 Å². The minimum Gasteiger partial charge on any atom is -0.454 e. The predicted octanol–water partition coefficient (Wildman–Crippen LogP) is 2.56. The van der Waals surface area contributed by atoms with E-state index in [1.807, 2.05) is 0 Å². The van der Waals surface area contributed by atoms with Crippen molar-refractivity contribution in [3.8, 4) is 17.2 Å². The normalized spacial score (nSPS) is 19.8. The average molecular weight is 398 g/mol. The van der Waals surface area contributed by atoms with Gasteiger partial charge in [-0.05, 0) is 32.4 Å². The zero-order valence-electron chi connectivity index (χ0n) is 16.3. The predicted molar refractivity (Wildman–Crippen MR) is 102 cm³/mol. The molecule has 0 aliphatic carbocycles. The maximum Gasteiger partial charge on any atom is 0.387 e. The highest BCUT2D eigenvalue weighted by Crippen LogP contribution is 2.38. The summed E-state index contributed by atoms with van der Waals surface area (Å²) in [6.07, 6.45) is 3.78. The van der Waals surface area contributed by atoms with E-state index in [4.69, 9.17) is 9.47 Å². The molecule has 2 aliphatic heterocycles. The van der Waals surface area contributed by atoms with E-state index in [-0.39, 0.29) is 19.1 Å². The molecule has 0 saturated carbocycles. The molecular weight excluding hydrogens is 370 g/mol. The second-order valence-corrected chi connectivity index (χ2v) is 6.93. The van der Waals surface area contributed by atoms with Crippen molar-refractivity contribution in [2.75, 3.05) is 33.5 Å². The van der Waals surface area contributed by atoms with Gasteiger partial charge in [-0.3, -0.25) is 9.89 Å². The standard InChI is InChI=1S/C19H28F2N4O3/c1-13-5-3-4-7-25(13)8-6-23-19(22-2)24-11-14-9-16-17(27-12-26-16)10-15(14)28-18(20)21/h9-10,13,18H,3-8,11-12H2,1-2H3,(H2,22,23,24). The second kappa shape index (κ2) is 9.77. The van der Waals surface area contributed by atoms with Gasteiger partial charge in [0.1, 0.15) is 5.75 Å². The fraction of sp³-hybridized carbons (Fsp3) is 0.632. The van der Waals surface area contributed by atoms with Gasteiger partial charge in [0.2, 0.25) is 6.79 Å². The molecule has 0 aromatic heterocycles. The fourth-order valence-corrected chi connectivity index (χ4v) is 3.52. The molecule has 1 atom stereocenters. The highest BCUT2D eigenvalue weighted by atomic mass is 19.3. The summed E-state index contributed by atoms with van der Waals surface area (Å²) in [7, 11) is 1.68. The number of likely N-dealkylation sites (tertiary alicyclic amines) is 1. The van der Waals surface area contributed by atoms with Gasteiger partial charge in [0.25, 0.3) is 0 Å². The number of hydrogen-bond donors (Lipinski definition) is 2. The number of nitrogens with one attached hydrogen (secondary N) is 2. The van der Waals surface area contributed by atoms with Gasteiger partial charge in [-0.25, -0.2) is 0 Å². The van der Waals surface area contributed by atoms with Crippen LogP contribution in [0.1, 0.15) is 31.7 Å². The lowest BCUT2D eigenvalue weighted by Gasteiger charge is -2.33. The van der Waals surface area contributed by atoms with Gasteiger partial charge in [0.05, 0.1) is 0 Å². The molecule has 1 saturated heterocycles. The number of nitrogens with zero attached hydrogens (tertiary/aromatic N) is 2. The molecule has 0 bridgehead atoms. The van der Waals surface area contributed by atoms with Crippen molar-refractivity contribution >= 4 is 5.96 Å². The van der Waals surface area contributed by atoms with E-state index in [1.54, 1.807) is 13.1 Å². The third-order valence-electron chi connectivity index (χ3n) is 5.07. The molecule has 0 spiro atoms. The molecule has 28 heavy (non-hydrogen) atoms. The second-order valence-electron chi connectivity index (χ2n) is 6.93. The maximum atomic E-state index is 12.7. The van der Waals surface area contributed by atoms with Crippen molar-refractivity contribution < 1.29 is 23.0 Å². The Bertz CT molecular complexity index is 687. The van der Waals surface area contributed by atoms with E-state index in [1.165, 1.54) is 25.3 Å². The highest BCUT2D eigenvalue weighted by Gasteiger charge is 2.20. The highest BCUT2D eigenvalue weighted by molar-refractivity contribution is 5.79. The van der Waals surface area contributed by atoms with Crippen LogP contribution in [0.4, 0.5) is 8.78 Å². The van der Waals surface area contributed by atoms with Crippen LogP contribution < -0.4 is 24.8 Å². The average Bonchev–Trinajstić information content (AvgIpc) is 3.12. The topological polar surface area (TPSA) is 67.4 Å². The van der Waals surface area contributed by atoms with Gasteiger partial charge in [-0.1, -0.05) is 6.42 Å². The van der Waals surface area contributed by atoms with Crippen molar-refractivity contribution in [3.63, 3.8) is 0 Å². The number of alkyl halides is 2. The van der Waals surface area contributed by atoms with Gasteiger partial charge in [-0.2, -0.15) is 8.78 Å². The van der Waals surface area contributed by atoms with Gasteiger partial charge in [-0.15, -0.1) is 0 Å². The monoisotopic (exact) mass is 398 g/mol. The molecule has 2 N–H and O–H groups in total. The molecule has 7 nitrogen and oxygen atoms in total. The van der Waals surface area contributed by atoms with Crippen molar-refractivity contribution in [2.24, 2.45) is 4.99 Å². The molecule has 2 heterocycles. The van der Waals surface area contributed by atoms with Crippen LogP contribution in [0.2, 0.25) is 0 Å². The Balaban J connectivity index is 1.54. The third kappa shape index (κ3) is 5.37. The summed E-state index contributed by atoms with van der Waals surface area (Å²) in [5, 5.41) is 6.41. The molecular formula is C19H28F2N4O3. The van der Waals surface area contributed by atoms with Gasteiger partial charge in [0.15, 0.2) is 17.5 Å². The number of halogens is 2. The van der Waals surface area contributed by atoms with Crippen LogP contribution in [0.5, 0.6) is 17.2 Å². The molecule has 2 aliphatic rings. The summed E-state index contributed by atoms with van der Waals surface area (Å²) in [4.78, 5) is 6.67. The molecule has 3 rings (SSSR count). The van der Waals surface area contributed by atoms with Crippen molar-refractivity contribution in [2.45, 2.75) is 45.4 Å². The van der Waals surface area contributed by atoms with Gasteiger partial charge >= 0.3 is 6.61 Å². The summed E-state index contributed by atoms with van der Waals surface area (Å²) in [5.41, 5.74) is 0.539. The summed E-state index contributed by atoms with van der Waals surface area (Å²) in [6, 6.07) is 3.68. The number of piperidine rings is 1. The van der Waals surface area contributed by atoms with E-state index in [0.29, 0.717) is 29.1 Å². The van der Waals surface area contributed by atoms with Crippen molar-refractivity contribution in [3.05, 3.63) is 17.7 Å². The lowest BCUT2D eigenvalue weighted by molar-refractivity contribution is -0.0505. The van der Waals surface area contributed by atoms with E-state index in [2.05, 4.69) is 32.2 Å². The molecule has 1 aromatic carbocycles. The zero-order chi connectivity index (χ0) is 19.9. The first-order chi connectivity index (χ1) is 13.6. The van der Waals surface area contributed by atoms with Crippen LogP contribution in [-0.4, -0.2) is 57.0 Å². The van der Waals surface area contributed by atoms with Gasteiger partial charge < -0.3 is 24.8 Å². The zero-order valence-corrected chi connectivity index (χ0v) is 16.3. The smallest absolute Gasteiger partial charge is 0.387 e. The first-order valence-electron chi connectivity index (χ1n) is 9.62. The van der Waals surface area contributed by atoms with E-state index >= 15 is 0 Å². The fourth-order valence-electron chi connectivity index (χ4n) is 3.52. The number of fused-ring (bicyclic) bond motifs is 1. The first kappa shape index (κ1) is 20.4. The van der Waals surface area contributed by atoms with Crippen LogP contribution >= 0.6 is 0 Å².